The predicted molar refractivity (Wildman–Crippen MR) is 73.2 cm³/mol. The van der Waals surface area contributed by atoms with E-state index in [-0.39, 0.29) is 0 Å². The topological polar surface area (TPSA) is 53.1 Å². The molecule has 0 aliphatic carbocycles. The summed E-state index contributed by atoms with van der Waals surface area (Å²) >= 11 is 1.99. The molecule has 3 nitrogen and oxygen atoms in total. The van der Waals surface area contributed by atoms with E-state index in [1.54, 1.807) is 0 Å². The molecule has 0 spiro atoms. The van der Waals surface area contributed by atoms with Crippen molar-refractivity contribution in [2.24, 2.45) is 5.73 Å². The summed E-state index contributed by atoms with van der Waals surface area (Å²) in [5, 5.41) is 9.22. The minimum atomic E-state index is 0.491. The van der Waals surface area contributed by atoms with Gasteiger partial charge in [-0.15, -0.1) is 0 Å². The lowest BCUT2D eigenvalue weighted by Crippen LogP contribution is -2.26. The highest BCUT2D eigenvalue weighted by Crippen LogP contribution is 2.24. The first-order chi connectivity index (χ1) is 8.35. The molecule has 90 valence electrons. The molecule has 2 N–H and O–H groups in total. The van der Waals surface area contributed by atoms with Crippen molar-refractivity contribution in [3.8, 4) is 6.07 Å². The monoisotopic (exact) mass is 247 g/mol. The average molecular weight is 247 g/mol. The molecule has 0 radical (unpaired) electrons. The van der Waals surface area contributed by atoms with Gasteiger partial charge in [0, 0.05) is 25.4 Å². The van der Waals surface area contributed by atoms with Crippen LogP contribution in [0.2, 0.25) is 0 Å². The molecule has 0 saturated carbocycles. The van der Waals surface area contributed by atoms with Gasteiger partial charge in [0.1, 0.15) is 6.07 Å². The third-order valence-electron chi connectivity index (χ3n) is 2.98. The summed E-state index contributed by atoms with van der Waals surface area (Å²) in [7, 11) is 0. The molecule has 1 aliphatic rings. The summed E-state index contributed by atoms with van der Waals surface area (Å²) in [6.07, 6.45) is 1.19. The van der Waals surface area contributed by atoms with Gasteiger partial charge in [-0.25, -0.2) is 0 Å². The number of nitriles is 1. The lowest BCUT2D eigenvalue weighted by Gasteiger charge is -2.23. The Morgan fingerprint density at radius 2 is 2.24 bits per heavy atom. The fourth-order valence-corrected chi connectivity index (χ4v) is 2.95. The normalized spacial score (nSPS) is 16.4. The minimum Gasteiger partial charge on any atom is -0.370 e. The van der Waals surface area contributed by atoms with Gasteiger partial charge >= 0.3 is 0 Å². The zero-order valence-electron chi connectivity index (χ0n) is 9.85. The van der Waals surface area contributed by atoms with Crippen LogP contribution in [0.25, 0.3) is 0 Å². The van der Waals surface area contributed by atoms with E-state index < -0.39 is 0 Å². The van der Waals surface area contributed by atoms with Crippen LogP contribution >= 0.6 is 11.8 Å². The molecule has 2 rings (SSSR count). The molecular formula is C13H17N3S. The summed E-state index contributed by atoms with van der Waals surface area (Å²) in [4.78, 5) is 2.32. The third kappa shape index (κ3) is 2.93. The number of hydrogen-bond acceptors (Lipinski definition) is 4. The standard InChI is InChI=1S/C13H17N3S/c14-9-11-2-3-13(12(8-11)10-15)16-4-1-6-17-7-5-16/h2-3,8H,1,4-7,9,14H2. The molecule has 0 atom stereocenters. The third-order valence-corrected chi connectivity index (χ3v) is 4.03. The van der Waals surface area contributed by atoms with E-state index in [0.717, 1.165) is 35.7 Å². The molecule has 1 aliphatic heterocycles. The summed E-state index contributed by atoms with van der Waals surface area (Å²) in [6, 6.07) is 8.25. The highest BCUT2D eigenvalue weighted by Gasteiger charge is 2.13. The van der Waals surface area contributed by atoms with Gasteiger partial charge in [0.15, 0.2) is 0 Å². The zero-order valence-corrected chi connectivity index (χ0v) is 10.7. The number of benzene rings is 1. The van der Waals surface area contributed by atoms with Crippen LogP contribution in [0.5, 0.6) is 0 Å². The van der Waals surface area contributed by atoms with Gasteiger partial charge in [-0.2, -0.15) is 17.0 Å². The quantitative estimate of drug-likeness (QED) is 0.868. The molecule has 4 heteroatoms. The van der Waals surface area contributed by atoms with Crippen LogP contribution in [0.1, 0.15) is 17.5 Å². The van der Waals surface area contributed by atoms with Crippen molar-refractivity contribution in [1.29, 1.82) is 5.26 Å². The van der Waals surface area contributed by atoms with Crippen molar-refractivity contribution in [3.05, 3.63) is 29.3 Å². The first-order valence-electron chi connectivity index (χ1n) is 5.91. The van der Waals surface area contributed by atoms with Crippen molar-refractivity contribution in [2.75, 3.05) is 29.5 Å². The molecule has 1 aromatic carbocycles. The predicted octanol–water partition coefficient (Wildman–Crippen LogP) is 1.96. The van der Waals surface area contributed by atoms with E-state index in [0.29, 0.717) is 6.54 Å². The fourth-order valence-electron chi connectivity index (χ4n) is 2.06. The Kier molecular flexibility index (Phi) is 4.29. The maximum atomic E-state index is 9.22. The number of rotatable bonds is 2. The summed E-state index contributed by atoms with van der Waals surface area (Å²) in [5.74, 6) is 2.36. The molecular weight excluding hydrogens is 230 g/mol. The van der Waals surface area contributed by atoms with Gasteiger partial charge < -0.3 is 10.6 Å². The molecule has 1 aromatic rings. The van der Waals surface area contributed by atoms with Crippen LogP contribution in [0.4, 0.5) is 5.69 Å². The van der Waals surface area contributed by atoms with Crippen LogP contribution in [0.15, 0.2) is 18.2 Å². The van der Waals surface area contributed by atoms with Crippen LogP contribution in [0, 0.1) is 11.3 Å². The molecule has 1 heterocycles. The van der Waals surface area contributed by atoms with Crippen molar-refractivity contribution >= 4 is 17.4 Å². The van der Waals surface area contributed by atoms with Gasteiger partial charge in [-0.1, -0.05) is 6.07 Å². The Hall–Kier alpha value is -1.18. The molecule has 1 fully saturated rings. The van der Waals surface area contributed by atoms with Crippen molar-refractivity contribution in [2.45, 2.75) is 13.0 Å². The first kappa shape index (κ1) is 12.3. The summed E-state index contributed by atoms with van der Waals surface area (Å²) < 4.78 is 0. The van der Waals surface area contributed by atoms with Gasteiger partial charge in [0.2, 0.25) is 0 Å². The van der Waals surface area contributed by atoms with E-state index in [1.165, 1.54) is 12.2 Å². The lowest BCUT2D eigenvalue weighted by atomic mass is 10.1. The SMILES string of the molecule is N#Cc1cc(CN)ccc1N1CCCSCC1. The van der Waals surface area contributed by atoms with Crippen molar-refractivity contribution in [1.82, 2.24) is 0 Å². The Labute approximate surface area is 107 Å². The highest BCUT2D eigenvalue weighted by molar-refractivity contribution is 7.99. The largest absolute Gasteiger partial charge is 0.370 e. The van der Waals surface area contributed by atoms with E-state index in [9.17, 15) is 5.26 Å². The van der Waals surface area contributed by atoms with Crippen molar-refractivity contribution in [3.63, 3.8) is 0 Å². The smallest absolute Gasteiger partial charge is 0.101 e. The maximum absolute atomic E-state index is 9.22. The highest BCUT2D eigenvalue weighted by atomic mass is 32.2. The number of anilines is 1. The molecule has 0 unspecified atom stereocenters. The van der Waals surface area contributed by atoms with E-state index in [1.807, 2.05) is 30.0 Å². The second-order valence-electron chi connectivity index (χ2n) is 4.12. The maximum Gasteiger partial charge on any atom is 0.101 e. The number of hydrogen-bond donors (Lipinski definition) is 1. The number of nitrogens with two attached hydrogens (primary N) is 1. The van der Waals surface area contributed by atoms with Crippen molar-refractivity contribution < 1.29 is 0 Å². The Bertz CT molecular complexity index is 417. The van der Waals surface area contributed by atoms with Crippen LogP contribution < -0.4 is 10.6 Å². The molecule has 17 heavy (non-hydrogen) atoms. The summed E-state index contributed by atoms with van der Waals surface area (Å²) in [5.41, 5.74) is 8.44. The molecule has 0 amide bonds. The van der Waals surface area contributed by atoms with E-state index >= 15 is 0 Å². The molecule has 1 saturated heterocycles. The Balaban J connectivity index is 2.27. The second kappa shape index (κ2) is 5.95. The van der Waals surface area contributed by atoms with Gasteiger partial charge in [0.25, 0.3) is 0 Å². The molecule has 0 bridgehead atoms. The van der Waals surface area contributed by atoms with Gasteiger partial charge in [-0.3, -0.25) is 0 Å². The summed E-state index contributed by atoms with van der Waals surface area (Å²) in [6.45, 7) is 2.57. The van der Waals surface area contributed by atoms with E-state index in [4.69, 9.17) is 5.73 Å². The lowest BCUT2D eigenvalue weighted by molar-refractivity contribution is 0.814. The first-order valence-corrected chi connectivity index (χ1v) is 7.06. The fraction of sp³-hybridized carbons (Fsp3) is 0.462. The van der Waals surface area contributed by atoms with Crippen LogP contribution in [0.3, 0.4) is 0 Å². The number of nitrogens with zero attached hydrogens (tertiary/aromatic N) is 2. The second-order valence-corrected chi connectivity index (χ2v) is 5.35. The minimum absolute atomic E-state index is 0.491. The average Bonchev–Trinajstić information content (AvgIpc) is 2.66. The van der Waals surface area contributed by atoms with Gasteiger partial charge in [0.05, 0.1) is 11.3 Å². The Morgan fingerprint density at radius 3 is 3.00 bits per heavy atom. The zero-order chi connectivity index (χ0) is 12.1. The Morgan fingerprint density at radius 1 is 1.35 bits per heavy atom. The van der Waals surface area contributed by atoms with Crippen LogP contribution in [-0.2, 0) is 6.54 Å². The van der Waals surface area contributed by atoms with Crippen LogP contribution in [-0.4, -0.2) is 24.6 Å². The molecule has 0 aromatic heterocycles. The number of thioether (sulfide) groups is 1. The van der Waals surface area contributed by atoms with Gasteiger partial charge in [-0.05, 0) is 29.9 Å². The van der Waals surface area contributed by atoms with E-state index in [2.05, 4.69) is 11.0 Å².